The summed E-state index contributed by atoms with van der Waals surface area (Å²) >= 11 is 0. The minimum atomic E-state index is -4.20. The highest BCUT2D eigenvalue weighted by atomic mass is 32.2. The molecule has 122 valence electrons. The van der Waals surface area contributed by atoms with Crippen LogP contribution in [0, 0.1) is 0 Å². The highest BCUT2D eigenvalue weighted by Crippen LogP contribution is 2.19. The van der Waals surface area contributed by atoms with Crippen LogP contribution in [0.5, 0.6) is 0 Å². The van der Waals surface area contributed by atoms with Crippen LogP contribution in [0.3, 0.4) is 0 Å². The van der Waals surface area contributed by atoms with E-state index in [2.05, 4.69) is 4.18 Å². The number of carbonyl (C=O) groups excluding carboxylic acids is 1. The largest absolute Gasteiger partial charge is 0.396 e. The molecule has 2 aromatic carbocycles. The van der Waals surface area contributed by atoms with Gasteiger partial charge in [-0.2, -0.15) is 8.42 Å². The molecule has 0 radical (unpaired) electrons. The Morgan fingerprint density at radius 1 is 1.09 bits per heavy atom. The summed E-state index contributed by atoms with van der Waals surface area (Å²) in [5.41, 5.74) is 0.393. The molecule has 1 unspecified atom stereocenters. The van der Waals surface area contributed by atoms with E-state index >= 15 is 0 Å². The molecule has 1 atom stereocenters. The summed E-state index contributed by atoms with van der Waals surface area (Å²) in [6, 6.07) is 13.1. The van der Waals surface area contributed by atoms with Gasteiger partial charge in [0, 0.05) is 13.0 Å². The molecule has 0 aliphatic rings. The van der Waals surface area contributed by atoms with Crippen molar-refractivity contribution in [2.45, 2.75) is 17.4 Å². The molecule has 2 N–H and O–H groups in total. The van der Waals surface area contributed by atoms with E-state index in [-0.39, 0.29) is 23.5 Å². The molecule has 0 heterocycles. The quantitative estimate of drug-likeness (QED) is 0.778. The monoisotopic (exact) mass is 336 g/mol. The number of rotatable bonds is 6. The van der Waals surface area contributed by atoms with Gasteiger partial charge in [0.25, 0.3) is 0 Å². The third-order valence-corrected chi connectivity index (χ3v) is 4.35. The van der Waals surface area contributed by atoms with Gasteiger partial charge in [0.1, 0.15) is 4.90 Å². The smallest absolute Gasteiger partial charge is 0.354 e. The highest BCUT2D eigenvalue weighted by molar-refractivity contribution is 7.87. The van der Waals surface area contributed by atoms with E-state index in [9.17, 15) is 18.3 Å². The number of carbonyl (C=O) groups is 1. The first-order valence-electron chi connectivity index (χ1n) is 6.87. The van der Waals surface area contributed by atoms with Crippen molar-refractivity contribution in [2.24, 2.45) is 0 Å². The maximum Gasteiger partial charge on any atom is 0.354 e. The number of benzene rings is 2. The second-order valence-electron chi connectivity index (χ2n) is 4.79. The third-order valence-electron chi connectivity index (χ3n) is 3.13. The predicted octanol–water partition coefficient (Wildman–Crippen LogP) is 1.65. The molecular weight excluding hydrogens is 320 g/mol. The maximum absolute atomic E-state index is 12.0. The Labute approximate surface area is 134 Å². The van der Waals surface area contributed by atoms with Crippen LogP contribution in [0.4, 0.5) is 0 Å². The predicted molar refractivity (Wildman–Crippen MR) is 82.1 cm³/mol. The first-order valence-corrected chi connectivity index (χ1v) is 8.27. The van der Waals surface area contributed by atoms with Gasteiger partial charge in [0.2, 0.25) is 0 Å². The average Bonchev–Trinajstić information content (AvgIpc) is 2.55. The standard InChI is InChI=1S/C16H16O6S/c17-10-9-15(18)12-5-4-6-13(11-12)16(19)22-23(20,21)14-7-2-1-3-8-14/h1-8,11,15,17-18H,9-10H2. The Kier molecular flexibility index (Phi) is 5.49. The fourth-order valence-electron chi connectivity index (χ4n) is 1.94. The molecular formula is C16H16O6S. The lowest BCUT2D eigenvalue weighted by atomic mass is 10.0. The van der Waals surface area contributed by atoms with Crippen LogP contribution in [0.15, 0.2) is 59.5 Å². The minimum absolute atomic E-state index is 0.000930. The van der Waals surface area contributed by atoms with Crippen LogP contribution in [-0.2, 0) is 14.3 Å². The molecule has 0 saturated carbocycles. The van der Waals surface area contributed by atoms with Crippen molar-refractivity contribution < 1.29 is 27.6 Å². The second kappa shape index (κ2) is 7.36. The zero-order valence-electron chi connectivity index (χ0n) is 12.1. The zero-order chi connectivity index (χ0) is 16.9. The Balaban J connectivity index is 2.20. The number of hydrogen-bond donors (Lipinski definition) is 2. The van der Waals surface area contributed by atoms with Gasteiger partial charge < -0.3 is 14.4 Å². The lowest BCUT2D eigenvalue weighted by molar-refractivity contribution is 0.0746. The van der Waals surface area contributed by atoms with Crippen LogP contribution in [0.25, 0.3) is 0 Å². The van der Waals surface area contributed by atoms with Crippen LogP contribution < -0.4 is 0 Å². The van der Waals surface area contributed by atoms with Crippen LogP contribution >= 0.6 is 0 Å². The summed E-state index contributed by atoms with van der Waals surface area (Å²) in [5.74, 6) is -1.04. The van der Waals surface area contributed by atoms with E-state index in [0.717, 1.165) is 0 Å². The van der Waals surface area contributed by atoms with E-state index in [1.807, 2.05) is 0 Å². The van der Waals surface area contributed by atoms with Gasteiger partial charge in [-0.1, -0.05) is 30.3 Å². The molecule has 0 fully saturated rings. The summed E-state index contributed by atoms with van der Waals surface area (Å²) in [5, 5.41) is 18.6. The molecule has 0 aromatic heterocycles. The van der Waals surface area contributed by atoms with Gasteiger partial charge in [-0.3, -0.25) is 0 Å². The van der Waals surface area contributed by atoms with Crippen molar-refractivity contribution in [1.82, 2.24) is 0 Å². The summed E-state index contributed by atoms with van der Waals surface area (Å²) in [6.07, 6.45) is -0.834. The first-order chi connectivity index (χ1) is 10.9. The van der Waals surface area contributed by atoms with E-state index in [0.29, 0.717) is 5.56 Å². The molecule has 2 aromatic rings. The topological polar surface area (TPSA) is 101 Å². The van der Waals surface area contributed by atoms with E-state index in [4.69, 9.17) is 5.11 Å². The molecule has 0 aliphatic carbocycles. The summed E-state index contributed by atoms with van der Waals surface area (Å²) < 4.78 is 28.6. The lowest BCUT2D eigenvalue weighted by Crippen LogP contribution is -2.14. The summed E-state index contributed by atoms with van der Waals surface area (Å²) in [6.45, 7) is -0.210. The molecule has 0 amide bonds. The van der Waals surface area contributed by atoms with Crippen molar-refractivity contribution in [2.75, 3.05) is 6.61 Å². The molecule has 2 rings (SSSR count). The molecule has 7 heteroatoms. The van der Waals surface area contributed by atoms with Gasteiger partial charge >= 0.3 is 16.1 Å². The van der Waals surface area contributed by atoms with Gasteiger partial charge in [-0.15, -0.1) is 0 Å². The van der Waals surface area contributed by atoms with Crippen molar-refractivity contribution in [3.63, 3.8) is 0 Å². The van der Waals surface area contributed by atoms with Crippen molar-refractivity contribution in [3.05, 3.63) is 65.7 Å². The van der Waals surface area contributed by atoms with E-state index < -0.39 is 22.2 Å². The first kappa shape index (κ1) is 17.1. The highest BCUT2D eigenvalue weighted by Gasteiger charge is 2.21. The zero-order valence-corrected chi connectivity index (χ0v) is 12.9. The molecule has 6 nitrogen and oxygen atoms in total. The van der Waals surface area contributed by atoms with Gasteiger partial charge in [0.15, 0.2) is 0 Å². The normalized spacial score (nSPS) is 12.6. The van der Waals surface area contributed by atoms with Crippen LogP contribution in [0.2, 0.25) is 0 Å². The number of hydrogen-bond acceptors (Lipinski definition) is 6. The molecule has 0 saturated heterocycles. The minimum Gasteiger partial charge on any atom is -0.396 e. The SMILES string of the molecule is O=C(OS(=O)(=O)c1ccccc1)c1cccc(C(O)CCO)c1. The van der Waals surface area contributed by atoms with E-state index in [1.54, 1.807) is 12.1 Å². The van der Waals surface area contributed by atoms with Crippen molar-refractivity contribution in [3.8, 4) is 0 Å². The molecule has 0 spiro atoms. The summed E-state index contributed by atoms with van der Waals surface area (Å²) in [7, 11) is -4.20. The van der Waals surface area contributed by atoms with Crippen LogP contribution in [0.1, 0.15) is 28.4 Å². The Morgan fingerprint density at radius 3 is 2.43 bits per heavy atom. The van der Waals surface area contributed by atoms with Crippen molar-refractivity contribution in [1.29, 1.82) is 0 Å². The lowest BCUT2D eigenvalue weighted by Gasteiger charge is -2.11. The third kappa shape index (κ3) is 4.38. The van der Waals surface area contributed by atoms with Gasteiger partial charge in [0.05, 0.1) is 11.7 Å². The number of aliphatic hydroxyl groups is 2. The Bertz CT molecular complexity index is 770. The second-order valence-corrected chi connectivity index (χ2v) is 6.34. The maximum atomic E-state index is 12.0. The Hall–Kier alpha value is -2.22. The molecule has 0 bridgehead atoms. The molecule has 0 aliphatic heterocycles. The Morgan fingerprint density at radius 2 is 1.78 bits per heavy atom. The summed E-state index contributed by atoms with van der Waals surface area (Å²) in [4.78, 5) is 11.9. The van der Waals surface area contributed by atoms with Crippen LogP contribution in [-0.4, -0.2) is 31.2 Å². The van der Waals surface area contributed by atoms with E-state index in [1.165, 1.54) is 42.5 Å². The van der Waals surface area contributed by atoms with Gasteiger partial charge in [-0.25, -0.2) is 4.79 Å². The average molecular weight is 336 g/mol. The van der Waals surface area contributed by atoms with Crippen molar-refractivity contribution >= 4 is 16.1 Å². The number of aliphatic hydroxyl groups excluding tert-OH is 2. The fraction of sp³-hybridized carbons (Fsp3) is 0.188. The van der Waals surface area contributed by atoms with Gasteiger partial charge in [-0.05, 0) is 29.8 Å². The fourth-order valence-corrected chi connectivity index (χ4v) is 2.83. The molecule has 23 heavy (non-hydrogen) atoms.